The van der Waals surface area contributed by atoms with Gasteiger partial charge in [-0.25, -0.2) is 4.98 Å². The van der Waals surface area contributed by atoms with Crippen molar-refractivity contribution in [3.05, 3.63) is 108 Å². The number of hydrogen-bond donors (Lipinski definition) is 3. The molecule has 0 radical (unpaired) electrons. The van der Waals surface area contributed by atoms with Crippen molar-refractivity contribution >= 4 is 22.9 Å². The Morgan fingerprint density at radius 1 is 0.829 bits per heavy atom. The minimum Gasteiger partial charge on any atom is -0.497 e. The average molecular weight is 555 g/mol. The summed E-state index contributed by atoms with van der Waals surface area (Å²) in [7, 11) is 5.13. The van der Waals surface area contributed by atoms with E-state index in [-0.39, 0.29) is 6.61 Å². The third-order valence-electron chi connectivity index (χ3n) is 6.85. The lowest BCUT2D eigenvalue weighted by atomic mass is 9.80. The molecule has 0 spiro atoms. The first kappa shape index (κ1) is 28.0. The number of nitrogens with zero attached hydrogens (tertiary/aromatic N) is 4. The summed E-state index contributed by atoms with van der Waals surface area (Å²) in [6.07, 6.45) is 0.735. The maximum absolute atomic E-state index is 10.8. The third kappa shape index (κ3) is 5.71. The smallest absolute Gasteiger partial charge is 0.244 e. The molecule has 10 nitrogen and oxygen atoms in total. The number of imidazole rings is 1. The first-order valence-corrected chi connectivity index (χ1v) is 13.4. The van der Waals surface area contributed by atoms with E-state index in [1.165, 1.54) is 10.9 Å². The van der Waals surface area contributed by atoms with Gasteiger partial charge in [-0.05, 0) is 35.2 Å². The molecule has 0 saturated heterocycles. The van der Waals surface area contributed by atoms with Crippen LogP contribution in [0, 0.1) is 0 Å². The zero-order valence-corrected chi connectivity index (χ0v) is 23.3. The number of benzene rings is 3. The molecule has 3 aromatic carbocycles. The van der Waals surface area contributed by atoms with E-state index in [1.54, 1.807) is 21.2 Å². The van der Waals surface area contributed by atoms with Gasteiger partial charge in [-0.1, -0.05) is 72.8 Å². The van der Waals surface area contributed by atoms with E-state index >= 15 is 0 Å². The fourth-order valence-corrected chi connectivity index (χ4v) is 4.84. The van der Waals surface area contributed by atoms with E-state index in [2.05, 4.69) is 49.9 Å². The van der Waals surface area contributed by atoms with Gasteiger partial charge in [-0.3, -0.25) is 4.57 Å². The van der Waals surface area contributed by atoms with Crippen molar-refractivity contribution in [3.8, 4) is 5.75 Å². The highest BCUT2D eigenvalue weighted by molar-refractivity contribution is 5.84. The Kier molecular flexibility index (Phi) is 8.73. The molecule has 0 aliphatic rings. The molecule has 0 saturated carbocycles. The summed E-state index contributed by atoms with van der Waals surface area (Å²) in [6, 6.07) is 28.3. The molecule has 5 aromatic rings. The Balaban J connectivity index is 1.35. The Hall–Kier alpha value is -4.51. The molecule has 1 unspecified atom stereocenters. The molecule has 212 valence electrons. The number of anilines is 2. The van der Waals surface area contributed by atoms with Crippen LogP contribution in [-0.4, -0.2) is 59.0 Å². The van der Waals surface area contributed by atoms with Crippen molar-refractivity contribution in [1.82, 2.24) is 19.5 Å². The SMILES string of the molecule is CNc1nc(NC)c2ncn(C(O)OCCCOC(c3ccccc3)(c3ccccc3)c3ccc(OC)cc3)c2n1. The standard InChI is InChI=1S/C31H34N6O4/c1-32-27-26-28(36-29(33-2)35-27)37(21-34-26)30(38)40-19-10-20-41-31(22-11-6-4-7-12-22,23-13-8-5-9-14-23)24-15-17-25(39-3)18-16-24/h4-9,11-18,21,30,38H,10,19-20H2,1-3H3,(H2,32,33,35,36). The van der Waals surface area contributed by atoms with E-state index in [9.17, 15) is 5.11 Å². The lowest BCUT2D eigenvalue weighted by Crippen LogP contribution is -2.33. The van der Waals surface area contributed by atoms with Crippen LogP contribution in [0.15, 0.2) is 91.3 Å². The highest BCUT2D eigenvalue weighted by atomic mass is 16.6. The van der Waals surface area contributed by atoms with Gasteiger partial charge in [-0.15, -0.1) is 0 Å². The van der Waals surface area contributed by atoms with Gasteiger partial charge in [0, 0.05) is 14.1 Å². The van der Waals surface area contributed by atoms with E-state index < -0.39 is 12.0 Å². The highest BCUT2D eigenvalue weighted by Crippen LogP contribution is 2.41. The topological polar surface area (TPSA) is 116 Å². The lowest BCUT2D eigenvalue weighted by molar-refractivity contribution is -0.154. The number of aliphatic hydroxyl groups is 1. The van der Waals surface area contributed by atoms with Crippen LogP contribution in [0.25, 0.3) is 11.2 Å². The number of hydrogen-bond acceptors (Lipinski definition) is 9. The molecule has 2 aromatic heterocycles. The first-order chi connectivity index (χ1) is 20.1. The molecule has 41 heavy (non-hydrogen) atoms. The molecule has 0 aliphatic heterocycles. The second kappa shape index (κ2) is 12.8. The molecular weight excluding hydrogens is 520 g/mol. The summed E-state index contributed by atoms with van der Waals surface area (Å²) in [5.41, 5.74) is 3.10. The molecule has 2 heterocycles. The van der Waals surface area contributed by atoms with Gasteiger partial charge in [-0.2, -0.15) is 9.97 Å². The quantitative estimate of drug-likeness (QED) is 0.107. The normalized spacial score (nSPS) is 12.3. The van der Waals surface area contributed by atoms with Crippen molar-refractivity contribution in [3.63, 3.8) is 0 Å². The number of methoxy groups -OCH3 is 1. The van der Waals surface area contributed by atoms with Crippen LogP contribution in [0.2, 0.25) is 0 Å². The van der Waals surface area contributed by atoms with E-state index in [1.807, 2.05) is 60.7 Å². The van der Waals surface area contributed by atoms with Gasteiger partial charge >= 0.3 is 0 Å². The summed E-state index contributed by atoms with van der Waals surface area (Å²) in [5.74, 6) is 1.73. The van der Waals surface area contributed by atoms with E-state index in [4.69, 9.17) is 14.2 Å². The molecule has 0 aliphatic carbocycles. The molecule has 0 bridgehead atoms. The summed E-state index contributed by atoms with van der Waals surface area (Å²) in [5, 5.41) is 16.8. The largest absolute Gasteiger partial charge is 0.497 e. The van der Waals surface area contributed by atoms with Crippen LogP contribution in [-0.2, 0) is 15.1 Å². The summed E-state index contributed by atoms with van der Waals surface area (Å²) in [4.78, 5) is 13.1. The number of ether oxygens (including phenoxy) is 3. The molecule has 0 fully saturated rings. The summed E-state index contributed by atoms with van der Waals surface area (Å²) < 4.78 is 19.5. The van der Waals surface area contributed by atoms with Crippen molar-refractivity contribution < 1.29 is 19.3 Å². The van der Waals surface area contributed by atoms with Crippen LogP contribution in [0.5, 0.6) is 5.75 Å². The maximum Gasteiger partial charge on any atom is 0.244 e. The van der Waals surface area contributed by atoms with Gasteiger partial charge in [0.2, 0.25) is 12.4 Å². The van der Waals surface area contributed by atoms with Gasteiger partial charge in [0.1, 0.15) is 17.7 Å². The van der Waals surface area contributed by atoms with Gasteiger partial charge in [0.25, 0.3) is 0 Å². The van der Waals surface area contributed by atoms with Crippen LogP contribution in [0.4, 0.5) is 11.8 Å². The monoisotopic (exact) mass is 554 g/mol. The third-order valence-corrected chi connectivity index (χ3v) is 6.85. The molecule has 1 atom stereocenters. The fourth-order valence-electron chi connectivity index (χ4n) is 4.84. The van der Waals surface area contributed by atoms with E-state index in [0.717, 1.165) is 22.4 Å². The van der Waals surface area contributed by atoms with Gasteiger partial charge in [0.05, 0.1) is 20.3 Å². The number of rotatable bonds is 13. The van der Waals surface area contributed by atoms with Crippen molar-refractivity contribution in [1.29, 1.82) is 0 Å². The van der Waals surface area contributed by atoms with Crippen LogP contribution < -0.4 is 15.4 Å². The molecular formula is C31H34N6O4. The molecule has 5 rings (SSSR count). The number of nitrogens with one attached hydrogen (secondary N) is 2. The Labute approximate surface area is 239 Å². The van der Waals surface area contributed by atoms with Crippen LogP contribution in [0.3, 0.4) is 0 Å². The average Bonchev–Trinajstić information content (AvgIpc) is 3.47. The first-order valence-electron chi connectivity index (χ1n) is 13.4. The van der Waals surface area contributed by atoms with Crippen molar-refractivity contribution in [2.24, 2.45) is 0 Å². The van der Waals surface area contributed by atoms with Crippen molar-refractivity contribution in [2.75, 3.05) is 45.1 Å². The van der Waals surface area contributed by atoms with Gasteiger partial charge in [0.15, 0.2) is 17.0 Å². The highest BCUT2D eigenvalue weighted by Gasteiger charge is 2.37. The van der Waals surface area contributed by atoms with Crippen molar-refractivity contribution in [2.45, 2.75) is 18.4 Å². The molecule has 0 amide bonds. The van der Waals surface area contributed by atoms with Gasteiger partial charge < -0.3 is 30.0 Å². The molecule has 3 N–H and O–H groups in total. The minimum absolute atomic E-state index is 0.242. The molecule has 10 heteroatoms. The number of aliphatic hydroxyl groups excluding tert-OH is 1. The van der Waals surface area contributed by atoms with E-state index in [0.29, 0.717) is 36.0 Å². The summed E-state index contributed by atoms with van der Waals surface area (Å²) >= 11 is 0. The van der Waals surface area contributed by atoms with Crippen LogP contribution >= 0.6 is 0 Å². The second-order valence-corrected chi connectivity index (χ2v) is 9.26. The zero-order chi connectivity index (χ0) is 28.7. The number of aromatic nitrogens is 4. The Morgan fingerprint density at radius 3 is 2.05 bits per heavy atom. The Morgan fingerprint density at radius 2 is 1.46 bits per heavy atom. The predicted octanol–water partition coefficient (Wildman–Crippen LogP) is 4.78. The fraction of sp³-hybridized carbons (Fsp3) is 0.258. The zero-order valence-electron chi connectivity index (χ0n) is 23.3. The maximum atomic E-state index is 10.8. The Bertz CT molecular complexity index is 1500. The second-order valence-electron chi connectivity index (χ2n) is 9.26. The summed E-state index contributed by atoms with van der Waals surface area (Å²) in [6.45, 7) is 0.606. The number of fused-ring (bicyclic) bond motifs is 1. The lowest BCUT2D eigenvalue weighted by Gasteiger charge is -2.36. The minimum atomic E-state index is -1.28. The van der Waals surface area contributed by atoms with Crippen LogP contribution in [0.1, 0.15) is 29.5 Å². The predicted molar refractivity (Wildman–Crippen MR) is 158 cm³/mol.